The van der Waals surface area contributed by atoms with Crippen molar-refractivity contribution >= 4 is 22.3 Å². The summed E-state index contributed by atoms with van der Waals surface area (Å²) in [4.78, 5) is 10.2. The van der Waals surface area contributed by atoms with Crippen molar-refractivity contribution in [2.75, 3.05) is 32.1 Å². The van der Waals surface area contributed by atoms with E-state index < -0.39 is 0 Å². The summed E-state index contributed by atoms with van der Waals surface area (Å²) in [5, 5.41) is 14.6. The van der Waals surface area contributed by atoms with E-state index in [0.29, 0.717) is 5.56 Å². The van der Waals surface area contributed by atoms with Crippen molar-refractivity contribution in [1.82, 2.24) is 14.9 Å². The van der Waals surface area contributed by atoms with E-state index in [2.05, 4.69) is 70.6 Å². The molecule has 37 heavy (non-hydrogen) atoms. The summed E-state index contributed by atoms with van der Waals surface area (Å²) in [6.45, 7) is 7.25. The summed E-state index contributed by atoms with van der Waals surface area (Å²) >= 11 is 0. The number of aryl methyl sites for hydroxylation is 2. The third-order valence-corrected chi connectivity index (χ3v) is 7.66. The van der Waals surface area contributed by atoms with Crippen LogP contribution in [0.1, 0.15) is 42.5 Å². The number of benzene rings is 2. The van der Waals surface area contributed by atoms with Crippen molar-refractivity contribution in [3.05, 3.63) is 71.7 Å². The van der Waals surface area contributed by atoms with Gasteiger partial charge in [0.15, 0.2) is 0 Å². The van der Waals surface area contributed by atoms with Crippen LogP contribution in [-0.4, -0.2) is 41.6 Å². The number of aromatic nitrogens is 2. The van der Waals surface area contributed by atoms with Gasteiger partial charge in [0.1, 0.15) is 11.8 Å². The molecule has 2 N–H and O–H groups in total. The molecule has 2 aromatic carbocycles. The zero-order chi connectivity index (χ0) is 25.8. The maximum absolute atomic E-state index is 9.88. The highest BCUT2D eigenvalue weighted by Gasteiger charge is 2.18. The first-order chi connectivity index (χ1) is 18.0. The Balaban J connectivity index is 1.32. The molecule has 2 aromatic heterocycles. The van der Waals surface area contributed by atoms with Gasteiger partial charge in [-0.15, -0.1) is 0 Å². The molecule has 3 heterocycles. The molecule has 1 saturated heterocycles. The Labute approximate surface area is 219 Å². The Morgan fingerprint density at radius 3 is 2.65 bits per heavy atom. The first-order valence-electron chi connectivity index (χ1n) is 13.2. The number of nitriles is 1. The third-order valence-electron chi connectivity index (χ3n) is 7.66. The van der Waals surface area contributed by atoms with Crippen LogP contribution in [0.3, 0.4) is 0 Å². The largest absolute Gasteiger partial charge is 0.494 e. The maximum Gasteiger partial charge on any atom is 0.119 e. The molecule has 6 heteroatoms. The summed E-state index contributed by atoms with van der Waals surface area (Å²) < 4.78 is 6.06. The second-order valence-corrected chi connectivity index (χ2v) is 10.2. The molecule has 0 unspecified atom stereocenters. The van der Waals surface area contributed by atoms with Crippen LogP contribution in [0, 0.1) is 31.1 Å². The van der Waals surface area contributed by atoms with E-state index in [-0.39, 0.29) is 0 Å². The zero-order valence-corrected chi connectivity index (χ0v) is 22.0. The molecule has 6 nitrogen and oxygen atoms in total. The fourth-order valence-corrected chi connectivity index (χ4v) is 5.36. The van der Waals surface area contributed by atoms with Crippen LogP contribution in [0.5, 0.6) is 5.75 Å². The number of likely N-dealkylation sites (tertiary alicyclic amines) is 1. The van der Waals surface area contributed by atoms with Gasteiger partial charge in [-0.3, -0.25) is 4.98 Å². The molecule has 0 radical (unpaired) electrons. The molecule has 0 amide bonds. The van der Waals surface area contributed by atoms with E-state index in [1.54, 1.807) is 6.20 Å². The number of hydrogen-bond acceptors (Lipinski definition) is 5. The van der Waals surface area contributed by atoms with Crippen LogP contribution in [0.2, 0.25) is 0 Å². The van der Waals surface area contributed by atoms with Crippen molar-refractivity contribution in [1.29, 1.82) is 5.26 Å². The van der Waals surface area contributed by atoms with E-state index in [1.165, 1.54) is 32.4 Å². The van der Waals surface area contributed by atoms with E-state index >= 15 is 0 Å². The SMILES string of the molecule is Cc1ncc(C#N)c(Nc2ccc3[nH]ccc3c2C)c1-c1ccc(OCCCC2CCN(C)CC2)cc1. The molecule has 4 aromatic rings. The highest BCUT2D eigenvalue weighted by Crippen LogP contribution is 2.37. The van der Waals surface area contributed by atoms with Gasteiger partial charge in [-0.25, -0.2) is 0 Å². The highest BCUT2D eigenvalue weighted by atomic mass is 16.5. The smallest absolute Gasteiger partial charge is 0.119 e. The summed E-state index contributed by atoms with van der Waals surface area (Å²) in [5.74, 6) is 1.70. The number of anilines is 2. The molecule has 0 atom stereocenters. The van der Waals surface area contributed by atoms with E-state index in [4.69, 9.17) is 4.74 Å². The topological polar surface area (TPSA) is 77.0 Å². The number of pyridine rings is 1. The monoisotopic (exact) mass is 493 g/mol. The number of fused-ring (bicyclic) bond motifs is 1. The normalized spacial score (nSPS) is 14.5. The number of ether oxygens (including phenoxy) is 1. The van der Waals surface area contributed by atoms with Gasteiger partial charge in [-0.05, 0) is 107 Å². The van der Waals surface area contributed by atoms with Crippen molar-refractivity contribution in [2.24, 2.45) is 5.92 Å². The number of piperidine rings is 1. The predicted molar refractivity (Wildman–Crippen MR) is 150 cm³/mol. The second-order valence-electron chi connectivity index (χ2n) is 10.2. The number of rotatable bonds is 8. The number of H-pyrrole nitrogens is 1. The van der Waals surface area contributed by atoms with Crippen molar-refractivity contribution in [3.63, 3.8) is 0 Å². The maximum atomic E-state index is 9.88. The first kappa shape index (κ1) is 24.9. The van der Waals surface area contributed by atoms with Crippen LogP contribution in [0.4, 0.5) is 11.4 Å². The van der Waals surface area contributed by atoms with E-state index in [9.17, 15) is 5.26 Å². The van der Waals surface area contributed by atoms with Gasteiger partial charge in [-0.2, -0.15) is 5.26 Å². The van der Waals surface area contributed by atoms with Gasteiger partial charge in [0, 0.05) is 40.2 Å². The molecule has 0 aliphatic carbocycles. The second kappa shape index (κ2) is 11.1. The lowest BCUT2D eigenvalue weighted by atomic mass is 9.93. The molecule has 1 fully saturated rings. The summed E-state index contributed by atoms with van der Waals surface area (Å²) in [6, 6.07) is 16.7. The van der Waals surface area contributed by atoms with Crippen LogP contribution in [0.25, 0.3) is 22.0 Å². The van der Waals surface area contributed by atoms with Crippen LogP contribution in [-0.2, 0) is 0 Å². The number of nitrogens with zero attached hydrogens (tertiary/aromatic N) is 3. The standard InChI is InChI=1S/C31H35N5O/c1-21-27-12-15-33-29(27)11-10-28(21)35-31-25(19-32)20-34-22(2)30(31)24-6-8-26(9-7-24)37-18-4-5-23-13-16-36(3)17-14-23/h6-12,15,20,23,33H,4-5,13-14,16-18H2,1-3H3,(H,34,35). The molecule has 0 bridgehead atoms. The summed E-state index contributed by atoms with van der Waals surface area (Å²) in [7, 11) is 2.21. The van der Waals surface area contributed by atoms with Gasteiger partial charge in [-0.1, -0.05) is 12.1 Å². The van der Waals surface area contributed by atoms with Crippen LogP contribution in [0.15, 0.2) is 54.9 Å². The van der Waals surface area contributed by atoms with Gasteiger partial charge in [0.25, 0.3) is 0 Å². The van der Waals surface area contributed by atoms with E-state index in [1.807, 2.05) is 25.3 Å². The molecule has 0 spiro atoms. The minimum Gasteiger partial charge on any atom is -0.494 e. The Bertz CT molecular complexity index is 1410. The summed E-state index contributed by atoms with van der Waals surface area (Å²) in [6.07, 6.45) is 8.52. The molecule has 1 aliphatic heterocycles. The van der Waals surface area contributed by atoms with Gasteiger partial charge >= 0.3 is 0 Å². The summed E-state index contributed by atoms with van der Waals surface area (Å²) in [5.41, 5.74) is 7.30. The molecule has 0 saturated carbocycles. The fourth-order valence-electron chi connectivity index (χ4n) is 5.36. The van der Waals surface area contributed by atoms with Gasteiger partial charge < -0.3 is 19.9 Å². The van der Waals surface area contributed by atoms with E-state index in [0.717, 1.165) is 69.4 Å². The minimum absolute atomic E-state index is 0.517. The highest BCUT2D eigenvalue weighted by molar-refractivity contribution is 5.92. The van der Waals surface area contributed by atoms with Crippen molar-refractivity contribution < 1.29 is 4.74 Å². The minimum atomic E-state index is 0.517. The van der Waals surface area contributed by atoms with Crippen molar-refractivity contribution in [3.8, 4) is 22.9 Å². The van der Waals surface area contributed by atoms with Crippen molar-refractivity contribution in [2.45, 2.75) is 39.5 Å². The lowest BCUT2D eigenvalue weighted by Crippen LogP contribution is -2.30. The van der Waals surface area contributed by atoms with Gasteiger partial charge in [0.2, 0.25) is 0 Å². The fraction of sp³-hybridized carbons (Fsp3) is 0.355. The Morgan fingerprint density at radius 2 is 1.89 bits per heavy atom. The molecular formula is C31H35N5O. The quantitative estimate of drug-likeness (QED) is 0.259. The lowest BCUT2D eigenvalue weighted by molar-refractivity contribution is 0.200. The van der Waals surface area contributed by atoms with Gasteiger partial charge in [0.05, 0.1) is 17.9 Å². The first-order valence-corrected chi connectivity index (χ1v) is 13.2. The average Bonchev–Trinajstić information content (AvgIpc) is 3.40. The number of aromatic amines is 1. The van der Waals surface area contributed by atoms with Crippen LogP contribution >= 0.6 is 0 Å². The number of nitrogens with one attached hydrogen (secondary N) is 2. The molecule has 190 valence electrons. The Morgan fingerprint density at radius 1 is 1.11 bits per heavy atom. The zero-order valence-electron chi connectivity index (χ0n) is 22.0. The number of hydrogen-bond donors (Lipinski definition) is 2. The Hall–Kier alpha value is -3.82. The van der Waals surface area contributed by atoms with Crippen LogP contribution < -0.4 is 10.1 Å². The lowest BCUT2D eigenvalue weighted by Gasteiger charge is -2.28. The Kier molecular flexibility index (Phi) is 7.43. The molecular weight excluding hydrogens is 458 g/mol. The predicted octanol–water partition coefficient (Wildman–Crippen LogP) is 6.96. The molecule has 1 aliphatic rings. The average molecular weight is 494 g/mol. The third kappa shape index (κ3) is 5.47. The molecule has 5 rings (SSSR count).